The van der Waals surface area contributed by atoms with Gasteiger partial charge in [0.25, 0.3) is 0 Å². The Kier molecular flexibility index (Phi) is 5.57. The molecular weight excluding hydrogens is 342 g/mol. The summed E-state index contributed by atoms with van der Waals surface area (Å²) >= 11 is 0. The summed E-state index contributed by atoms with van der Waals surface area (Å²) in [4.78, 5) is 27.5. The Labute approximate surface area is 158 Å². The van der Waals surface area contributed by atoms with Gasteiger partial charge in [-0.15, -0.1) is 0 Å². The molecule has 1 fully saturated rings. The van der Waals surface area contributed by atoms with Crippen molar-refractivity contribution in [2.45, 2.75) is 6.92 Å². The summed E-state index contributed by atoms with van der Waals surface area (Å²) in [6.07, 6.45) is 0. The van der Waals surface area contributed by atoms with Gasteiger partial charge in [0, 0.05) is 44.5 Å². The first-order valence-corrected chi connectivity index (χ1v) is 8.74. The Balaban J connectivity index is 1.56. The first-order valence-electron chi connectivity index (χ1n) is 8.74. The van der Waals surface area contributed by atoms with Crippen molar-refractivity contribution in [1.29, 1.82) is 5.26 Å². The standard InChI is InChI=1S/C20H21N5O2/c1-15(26)22-17-6-8-18(9-7-17)24-10-12-25(13-11-24)20(27)23-19-5-3-2-4-16(19)14-21/h2-9H,10-13H2,1H3,(H,22,26)(H,23,27). The second-order valence-electron chi connectivity index (χ2n) is 6.29. The van der Waals surface area contributed by atoms with Crippen molar-refractivity contribution in [3.05, 3.63) is 54.1 Å². The number of para-hydroxylation sites is 1. The Morgan fingerprint density at radius 3 is 2.26 bits per heavy atom. The van der Waals surface area contributed by atoms with Crippen LogP contribution in [0.5, 0.6) is 0 Å². The van der Waals surface area contributed by atoms with Gasteiger partial charge in [-0.25, -0.2) is 4.79 Å². The highest BCUT2D eigenvalue weighted by molar-refractivity contribution is 5.91. The van der Waals surface area contributed by atoms with E-state index in [4.69, 9.17) is 5.26 Å². The van der Waals surface area contributed by atoms with E-state index >= 15 is 0 Å². The van der Waals surface area contributed by atoms with Crippen molar-refractivity contribution in [1.82, 2.24) is 4.90 Å². The molecule has 1 heterocycles. The average Bonchev–Trinajstić information content (AvgIpc) is 2.68. The fraction of sp³-hybridized carbons (Fsp3) is 0.250. The molecule has 7 heteroatoms. The van der Waals surface area contributed by atoms with E-state index in [0.717, 1.165) is 11.4 Å². The Bertz CT molecular complexity index is 865. The third kappa shape index (κ3) is 4.55. The predicted octanol–water partition coefficient (Wildman–Crippen LogP) is 2.87. The molecule has 0 saturated carbocycles. The molecule has 0 bridgehead atoms. The van der Waals surface area contributed by atoms with E-state index in [1.807, 2.05) is 24.3 Å². The number of nitrogens with one attached hydrogen (secondary N) is 2. The van der Waals surface area contributed by atoms with Gasteiger partial charge in [0.2, 0.25) is 5.91 Å². The summed E-state index contributed by atoms with van der Waals surface area (Å²) in [7, 11) is 0. The maximum Gasteiger partial charge on any atom is 0.322 e. The highest BCUT2D eigenvalue weighted by Gasteiger charge is 2.22. The van der Waals surface area contributed by atoms with Crippen LogP contribution in [0.15, 0.2) is 48.5 Å². The smallest absolute Gasteiger partial charge is 0.322 e. The molecule has 3 amide bonds. The average molecular weight is 363 g/mol. The molecule has 0 atom stereocenters. The number of piperazine rings is 1. The maximum absolute atomic E-state index is 12.5. The zero-order valence-electron chi connectivity index (χ0n) is 15.1. The third-order valence-electron chi connectivity index (χ3n) is 4.41. The topological polar surface area (TPSA) is 88.5 Å². The SMILES string of the molecule is CC(=O)Nc1ccc(N2CCN(C(=O)Nc3ccccc3C#N)CC2)cc1. The van der Waals surface area contributed by atoms with Crippen LogP contribution in [-0.4, -0.2) is 43.0 Å². The quantitative estimate of drug-likeness (QED) is 0.878. The molecule has 0 radical (unpaired) electrons. The van der Waals surface area contributed by atoms with Gasteiger partial charge in [-0.2, -0.15) is 5.26 Å². The summed E-state index contributed by atoms with van der Waals surface area (Å²) in [6, 6.07) is 16.5. The first-order chi connectivity index (χ1) is 13.1. The molecule has 2 N–H and O–H groups in total. The van der Waals surface area contributed by atoms with Gasteiger partial charge in [-0.3, -0.25) is 4.79 Å². The van der Waals surface area contributed by atoms with Crippen LogP contribution in [0, 0.1) is 11.3 Å². The normalized spacial score (nSPS) is 13.6. The minimum absolute atomic E-state index is 0.0969. The summed E-state index contributed by atoms with van der Waals surface area (Å²) in [5.74, 6) is -0.0969. The van der Waals surface area contributed by atoms with E-state index in [2.05, 4.69) is 21.6 Å². The van der Waals surface area contributed by atoms with Crippen molar-refractivity contribution >= 4 is 29.0 Å². The lowest BCUT2D eigenvalue weighted by atomic mass is 10.2. The van der Waals surface area contributed by atoms with E-state index in [9.17, 15) is 9.59 Å². The number of hydrogen-bond acceptors (Lipinski definition) is 4. The fourth-order valence-corrected chi connectivity index (χ4v) is 3.01. The zero-order chi connectivity index (χ0) is 19.2. The van der Waals surface area contributed by atoms with Gasteiger partial charge in [-0.1, -0.05) is 12.1 Å². The van der Waals surface area contributed by atoms with Crippen molar-refractivity contribution in [2.24, 2.45) is 0 Å². The lowest BCUT2D eigenvalue weighted by Gasteiger charge is -2.36. The van der Waals surface area contributed by atoms with Gasteiger partial charge in [0.1, 0.15) is 6.07 Å². The number of carbonyl (C=O) groups is 2. The summed E-state index contributed by atoms with van der Waals surface area (Å²) in [5.41, 5.74) is 2.80. The molecule has 2 aromatic carbocycles. The summed E-state index contributed by atoms with van der Waals surface area (Å²) in [5, 5.41) is 14.7. The highest BCUT2D eigenvalue weighted by Crippen LogP contribution is 2.20. The molecule has 27 heavy (non-hydrogen) atoms. The third-order valence-corrected chi connectivity index (χ3v) is 4.41. The number of urea groups is 1. The van der Waals surface area contributed by atoms with Crippen LogP contribution < -0.4 is 15.5 Å². The van der Waals surface area contributed by atoms with Crippen LogP contribution in [0.25, 0.3) is 0 Å². The number of hydrogen-bond donors (Lipinski definition) is 2. The van der Waals surface area contributed by atoms with E-state index in [1.54, 1.807) is 29.2 Å². The van der Waals surface area contributed by atoms with Crippen LogP contribution in [0.1, 0.15) is 12.5 Å². The van der Waals surface area contributed by atoms with Crippen molar-refractivity contribution < 1.29 is 9.59 Å². The number of rotatable bonds is 3. The molecule has 138 valence electrons. The number of anilines is 3. The maximum atomic E-state index is 12.5. The number of nitriles is 1. The summed E-state index contributed by atoms with van der Waals surface area (Å²) in [6.45, 7) is 4.09. The van der Waals surface area contributed by atoms with E-state index in [1.165, 1.54) is 6.92 Å². The Morgan fingerprint density at radius 1 is 0.963 bits per heavy atom. The molecule has 0 unspecified atom stereocenters. The monoisotopic (exact) mass is 363 g/mol. The van der Waals surface area contributed by atoms with Gasteiger partial charge < -0.3 is 20.4 Å². The Hall–Kier alpha value is -3.53. The molecule has 0 aliphatic carbocycles. The van der Waals surface area contributed by atoms with E-state index in [0.29, 0.717) is 37.4 Å². The fourth-order valence-electron chi connectivity index (χ4n) is 3.01. The van der Waals surface area contributed by atoms with Crippen molar-refractivity contribution in [3.8, 4) is 6.07 Å². The predicted molar refractivity (Wildman–Crippen MR) is 105 cm³/mol. The number of benzene rings is 2. The van der Waals surface area contributed by atoms with Crippen molar-refractivity contribution in [3.63, 3.8) is 0 Å². The van der Waals surface area contributed by atoms with Crippen LogP contribution in [-0.2, 0) is 4.79 Å². The first kappa shape index (κ1) is 18.3. The number of nitrogens with zero attached hydrogens (tertiary/aromatic N) is 3. The molecule has 2 aromatic rings. The molecule has 3 rings (SSSR count). The van der Waals surface area contributed by atoms with E-state index in [-0.39, 0.29) is 11.9 Å². The number of amides is 3. The van der Waals surface area contributed by atoms with Crippen molar-refractivity contribution in [2.75, 3.05) is 41.7 Å². The van der Waals surface area contributed by atoms with E-state index < -0.39 is 0 Å². The lowest BCUT2D eigenvalue weighted by Crippen LogP contribution is -2.50. The Morgan fingerprint density at radius 2 is 1.63 bits per heavy atom. The summed E-state index contributed by atoms with van der Waals surface area (Å²) < 4.78 is 0. The van der Waals surface area contributed by atoms with Gasteiger partial charge in [-0.05, 0) is 36.4 Å². The van der Waals surface area contributed by atoms with Crippen LogP contribution in [0.3, 0.4) is 0 Å². The highest BCUT2D eigenvalue weighted by atomic mass is 16.2. The van der Waals surface area contributed by atoms with Gasteiger partial charge in [0.15, 0.2) is 0 Å². The van der Waals surface area contributed by atoms with Gasteiger partial charge in [0.05, 0.1) is 11.3 Å². The molecule has 1 aliphatic heterocycles. The second-order valence-corrected chi connectivity index (χ2v) is 6.29. The number of carbonyl (C=O) groups excluding carboxylic acids is 2. The molecule has 1 aliphatic rings. The molecular formula is C20H21N5O2. The second kappa shape index (κ2) is 8.23. The minimum atomic E-state index is -0.196. The van der Waals surface area contributed by atoms with Crippen LogP contribution in [0.2, 0.25) is 0 Å². The van der Waals surface area contributed by atoms with Crippen LogP contribution in [0.4, 0.5) is 21.9 Å². The molecule has 0 spiro atoms. The largest absolute Gasteiger partial charge is 0.368 e. The zero-order valence-corrected chi connectivity index (χ0v) is 15.1. The molecule has 1 saturated heterocycles. The van der Waals surface area contributed by atoms with Crippen LogP contribution >= 0.6 is 0 Å². The molecule has 0 aromatic heterocycles. The minimum Gasteiger partial charge on any atom is -0.368 e. The van der Waals surface area contributed by atoms with Gasteiger partial charge >= 0.3 is 6.03 Å². The lowest BCUT2D eigenvalue weighted by molar-refractivity contribution is -0.114. The molecule has 7 nitrogen and oxygen atoms in total.